The van der Waals surface area contributed by atoms with Gasteiger partial charge in [-0.15, -0.1) is 0 Å². The molecule has 1 saturated heterocycles. The van der Waals surface area contributed by atoms with Crippen LogP contribution >= 0.6 is 0 Å². The molecule has 0 bridgehead atoms. The van der Waals surface area contributed by atoms with E-state index in [0.29, 0.717) is 5.82 Å². The third-order valence-corrected chi connectivity index (χ3v) is 7.06. The second kappa shape index (κ2) is 12.2. The summed E-state index contributed by atoms with van der Waals surface area (Å²) in [6, 6.07) is 18.0. The number of likely N-dealkylation sites (tertiary alicyclic amines) is 1. The largest absolute Gasteiger partial charge is 0.496 e. The number of nitrogens with zero attached hydrogens (tertiary/aromatic N) is 3. The fourth-order valence-electron chi connectivity index (χ4n) is 5.01. The van der Waals surface area contributed by atoms with Gasteiger partial charge in [0.05, 0.1) is 30.8 Å². The minimum atomic E-state index is -0.270. The smallest absolute Gasteiger partial charge is 0.143 e. The number of methoxy groups -OCH3 is 1. The Morgan fingerprint density at radius 1 is 1.05 bits per heavy atom. The van der Waals surface area contributed by atoms with Crippen molar-refractivity contribution >= 4 is 16.9 Å². The Kier molecular flexibility index (Phi) is 8.30. The molecule has 1 aliphatic heterocycles. The van der Waals surface area contributed by atoms with Crippen molar-refractivity contribution in [3.05, 3.63) is 72.1 Å². The fraction of sp³-hybridized carbons (Fsp3) is 0.379. The minimum absolute atomic E-state index is 0.0475. The third kappa shape index (κ3) is 6.10. The summed E-state index contributed by atoms with van der Waals surface area (Å²) in [4.78, 5) is 14.9. The first-order valence-corrected chi connectivity index (χ1v) is 13.1. The molecule has 0 saturated carbocycles. The molecular formula is C29H36N6O2. The summed E-state index contributed by atoms with van der Waals surface area (Å²) in [6.45, 7) is 5.29. The van der Waals surface area contributed by atoms with E-state index in [2.05, 4.69) is 48.7 Å². The maximum absolute atomic E-state index is 10.00. The SMILES string of the molecule is COc1cc(CNCCN2CCCCC2)ccc1-c1cc2c(N[C@H](CO)c3ccccc3)ncnc2[nH]1. The summed E-state index contributed by atoms with van der Waals surface area (Å²) in [7, 11) is 1.70. The number of rotatable bonds is 11. The van der Waals surface area contributed by atoms with Gasteiger partial charge in [-0.05, 0) is 55.3 Å². The molecule has 0 unspecified atom stereocenters. The zero-order valence-corrected chi connectivity index (χ0v) is 21.4. The molecule has 194 valence electrons. The molecule has 1 atom stereocenters. The van der Waals surface area contributed by atoms with Gasteiger partial charge in [-0.25, -0.2) is 9.97 Å². The molecule has 5 rings (SSSR count). The Labute approximate surface area is 218 Å². The first kappa shape index (κ1) is 25.2. The molecule has 0 radical (unpaired) electrons. The minimum Gasteiger partial charge on any atom is -0.496 e. The highest BCUT2D eigenvalue weighted by Gasteiger charge is 2.17. The lowest BCUT2D eigenvalue weighted by Crippen LogP contribution is -2.35. The summed E-state index contributed by atoms with van der Waals surface area (Å²) < 4.78 is 5.77. The van der Waals surface area contributed by atoms with Gasteiger partial charge in [-0.2, -0.15) is 0 Å². The number of benzene rings is 2. The Bertz CT molecular complexity index is 1290. The lowest BCUT2D eigenvalue weighted by molar-refractivity contribution is 0.229. The number of hydrogen-bond acceptors (Lipinski definition) is 7. The predicted octanol–water partition coefficient (Wildman–Crippen LogP) is 4.35. The van der Waals surface area contributed by atoms with Crippen molar-refractivity contribution in [3.63, 3.8) is 0 Å². The molecular weight excluding hydrogens is 464 g/mol. The van der Waals surface area contributed by atoms with Gasteiger partial charge >= 0.3 is 0 Å². The molecule has 2 aromatic heterocycles. The van der Waals surface area contributed by atoms with E-state index in [1.807, 2.05) is 36.4 Å². The van der Waals surface area contributed by atoms with Gasteiger partial charge in [0, 0.05) is 25.2 Å². The average Bonchev–Trinajstić information content (AvgIpc) is 3.40. The van der Waals surface area contributed by atoms with Crippen molar-refractivity contribution in [2.24, 2.45) is 0 Å². The summed E-state index contributed by atoms with van der Waals surface area (Å²) in [5.74, 6) is 1.48. The van der Waals surface area contributed by atoms with E-state index < -0.39 is 0 Å². The molecule has 0 amide bonds. The van der Waals surface area contributed by atoms with Crippen LogP contribution in [0.2, 0.25) is 0 Å². The Morgan fingerprint density at radius 2 is 1.89 bits per heavy atom. The first-order chi connectivity index (χ1) is 18.2. The van der Waals surface area contributed by atoms with Crippen LogP contribution in [0.4, 0.5) is 5.82 Å². The second-order valence-corrected chi connectivity index (χ2v) is 9.57. The van der Waals surface area contributed by atoms with Gasteiger partial charge in [0.25, 0.3) is 0 Å². The highest BCUT2D eigenvalue weighted by Crippen LogP contribution is 2.34. The van der Waals surface area contributed by atoms with Gasteiger partial charge in [-0.3, -0.25) is 0 Å². The summed E-state index contributed by atoms with van der Waals surface area (Å²) >= 11 is 0. The molecule has 1 fully saturated rings. The summed E-state index contributed by atoms with van der Waals surface area (Å²) in [5.41, 5.74) is 4.77. The topological polar surface area (TPSA) is 98.3 Å². The molecule has 1 aliphatic rings. The maximum Gasteiger partial charge on any atom is 0.143 e. The first-order valence-electron chi connectivity index (χ1n) is 13.1. The van der Waals surface area contributed by atoms with Crippen LogP contribution in [0, 0.1) is 0 Å². The normalized spacial score (nSPS) is 15.1. The van der Waals surface area contributed by atoms with Gasteiger partial charge in [0.2, 0.25) is 0 Å². The number of aliphatic hydroxyl groups excluding tert-OH is 1. The average molecular weight is 501 g/mol. The molecule has 0 aliphatic carbocycles. The van der Waals surface area contributed by atoms with Crippen LogP contribution < -0.4 is 15.4 Å². The highest BCUT2D eigenvalue weighted by molar-refractivity contribution is 5.92. The number of ether oxygens (including phenoxy) is 1. The zero-order valence-electron chi connectivity index (χ0n) is 21.4. The van der Waals surface area contributed by atoms with E-state index in [-0.39, 0.29) is 12.6 Å². The lowest BCUT2D eigenvalue weighted by Gasteiger charge is -2.26. The number of aliphatic hydroxyl groups is 1. The van der Waals surface area contributed by atoms with Crippen LogP contribution in [0.15, 0.2) is 60.9 Å². The zero-order chi connectivity index (χ0) is 25.5. The molecule has 0 spiro atoms. The number of fused-ring (bicyclic) bond motifs is 1. The van der Waals surface area contributed by atoms with Gasteiger partial charge < -0.3 is 30.4 Å². The number of anilines is 1. The maximum atomic E-state index is 10.00. The summed E-state index contributed by atoms with van der Waals surface area (Å²) in [5, 5.41) is 17.8. The van der Waals surface area contributed by atoms with Crippen LogP contribution in [-0.4, -0.2) is 64.9 Å². The van der Waals surface area contributed by atoms with Crippen LogP contribution in [0.1, 0.15) is 36.4 Å². The standard InChI is InChI=1S/C29H36N6O2/c1-37-27-16-21(18-30-12-15-35-13-6-3-7-14-35)10-11-23(27)25-17-24-28(33-25)31-20-32-29(24)34-26(19-36)22-8-4-2-5-9-22/h2,4-5,8-11,16-17,20,26,30,36H,3,6-7,12-15,18-19H2,1H3,(H2,31,32,33,34)/t26-/m1/s1. The number of aromatic nitrogens is 3. The van der Waals surface area contributed by atoms with Crippen LogP contribution in [0.3, 0.4) is 0 Å². The van der Waals surface area contributed by atoms with E-state index in [0.717, 1.165) is 53.2 Å². The van der Waals surface area contributed by atoms with Crippen molar-refractivity contribution in [2.45, 2.75) is 31.8 Å². The van der Waals surface area contributed by atoms with Crippen LogP contribution in [0.5, 0.6) is 5.75 Å². The van der Waals surface area contributed by atoms with Gasteiger partial charge in [0.1, 0.15) is 23.5 Å². The molecule has 37 heavy (non-hydrogen) atoms. The number of aromatic amines is 1. The van der Waals surface area contributed by atoms with Crippen molar-refractivity contribution in [1.82, 2.24) is 25.2 Å². The van der Waals surface area contributed by atoms with Crippen molar-refractivity contribution in [2.75, 3.05) is 45.2 Å². The summed E-state index contributed by atoms with van der Waals surface area (Å²) in [6.07, 6.45) is 5.54. The third-order valence-electron chi connectivity index (χ3n) is 7.06. The van der Waals surface area contributed by atoms with Crippen LogP contribution in [0.25, 0.3) is 22.3 Å². The second-order valence-electron chi connectivity index (χ2n) is 9.57. The molecule has 8 nitrogen and oxygen atoms in total. The monoisotopic (exact) mass is 500 g/mol. The fourth-order valence-corrected chi connectivity index (χ4v) is 5.01. The predicted molar refractivity (Wildman–Crippen MR) is 148 cm³/mol. The van der Waals surface area contributed by atoms with Gasteiger partial charge in [0.15, 0.2) is 0 Å². The Morgan fingerprint density at radius 3 is 2.68 bits per heavy atom. The van der Waals surface area contributed by atoms with Crippen molar-refractivity contribution in [1.29, 1.82) is 0 Å². The van der Waals surface area contributed by atoms with Crippen LogP contribution in [-0.2, 0) is 6.54 Å². The Hall–Kier alpha value is -3.46. The molecule has 2 aromatic carbocycles. The van der Waals surface area contributed by atoms with Gasteiger partial charge in [-0.1, -0.05) is 42.8 Å². The van der Waals surface area contributed by atoms with E-state index in [1.54, 1.807) is 7.11 Å². The van der Waals surface area contributed by atoms with E-state index in [1.165, 1.54) is 44.2 Å². The number of piperidine rings is 1. The van der Waals surface area contributed by atoms with E-state index in [9.17, 15) is 5.11 Å². The molecule has 4 aromatic rings. The lowest BCUT2D eigenvalue weighted by atomic mass is 10.1. The number of hydrogen-bond donors (Lipinski definition) is 4. The van der Waals surface area contributed by atoms with E-state index in [4.69, 9.17) is 4.74 Å². The number of nitrogens with one attached hydrogen (secondary N) is 3. The molecule has 3 heterocycles. The molecule has 4 N–H and O–H groups in total. The van der Waals surface area contributed by atoms with Crippen molar-refractivity contribution in [3.8, 4) is 17.0 Å². The van der Waals surface area contributed by atoms with E-state index >= 15 is 0 Å². The highest BCUT2D eigenvalue weighted by atomic mass is 16.5. The number of H-pyrrole nitrogens is 1. The Balaban J connectivity index is 1.30. The van der Waals surface area contributed by atoms with Crippen molar-refractivity contribution < 1.29 is 9.84 Å². The quantitative estimate of drug-likeness (QED) is 0.227. The molecule has 8 heteroatoms.